The summed E-state index contributed by atoms with van der Waals surface area (Å²) in [5, 5.41) is 2.75. The Kier molecular flexibility index (Phi) is 5.84. The number of amides is 1. The normalized spacial score (nSPS) is 16.1. The molecule has 3 rings (SSSR count). The average molecular weight is 374 g/mol. The molecule has 1 aliphatic heterocycles. The molecule has 1 heterocycles. The van der Waals surface area contributed by atoms with Crippen molar-refractivity contribution in [3.8, 4) is 0 Å². The van der Waals surface area contributed by atoms with Crippen LogP contribution in [0.5, 0.6) is 0 Å². The van der Waals surface area contributed by atoms with Crippen molar-refractivity contribution >= 4 is 23.4 Å². The van der Waals surface area contributed by atoms with Crippen molar-refractivity contribution in [2.75, 3.05) is 30.0 Å². The second-order valence-electron chi connectivity index (χ2n) is 5.80. The highest BCUT2D eigenvalue weighted by molar-refractivity contribution is 5.91. The third kappa shape index (κ3) is 4.52. The van der Waals surface area contributed by atoms with Gasteiger partial charge in [-0.05, 0) is 30.3 Å². The van der Waals surface area contributed by atoms with Crippen LogP contribution in [0.3, 0.4) is 0 Å². The number of rotatable bonds is 7. The van der Waals surface area contributed by atoms with E-state index in [0.29, 0.717) is 11.3 Å². The monoisotopic (exact) mass is 374 g/mol. The zero-order valence-corrected chi connectivity index (χ0v) is 14.4. The first-order valence-electron chi connectivity index (χ1n) is 8.25. The van der Waals surface area contributed by atoms with Gasteiger partial charge in [-0.15, -0.1) is 0 Å². The second kappa shape index (κ2) is 8.47. The molecule has 27 heavy (non-hydrogen) atoms. The Balaban J connectivity index is 1.59. The first-order chi connectivity index (χ1) is 13.1. The number of carbonyl (C=O) groups is 2. The Morgan fingerprint density at radius 3 is 2.78 bits per heavy atom. The molecule has 1 atom stereocenters. The van der Waals surface area contributed by atoms with Gasteiger partial charge in [0, 0.05) is 0 Å². The maximum atomic E-state index is 14.1. The van der Waals surface area contributed by atoms with Crippen molar-refractivity contribution in [3.05, 3.63) is 59.9 Å². The van der Waals surface area contributed by atoms with Crippen LogP contribution in [0.1, 0.15) is 10.4 Å². The Morgan fingerprint density at radius 1 is 1.30 bits per heavy atom. The molecule has 4 N–H and O–H groups in total. The van der Waals surface area contributed by atoms with Crippen LogP contribution in [0, 0.1) is 5.82 Å². The number of anilines is 2. The molecular formula is C18H19FN4O4. The maximum Gasteiger partial charge on any atom is 0.414 e. The number of nitrogens with two attached hydrogens (primary N) is 1. The minimum absolute atomic E-state index is 0.0831. The minimum Gasteiger partial charge on any atom is -0.458 e. The van der Waals surface area contributed by atoms with Gasteiger partial charge in [-0.25, -0.2) is 19.4 Å². The highest BCUT2D eigenvalue weighted by Crippen LogP contribution is 2.26. The third-order valence-electron chi connectivity index (χ3n) is 3.93. The van der Waals surface area contributed by atoms with E-state index in [1.807, 2.05) is 0 Å². The van der Waals surface area contributed by atoms with E-state index in [-0.39, 0.29) is 25.5 Å². The molecule has 2 aromatic carbocycles. The molecule has 0 bridgehead atoms. The second-order valence-corrected chi connectivity index (χ2v) is 5.80. The van der Waals surface area contributed by atoms with Crippen molar-refractivity contribution < 1.29 is 23.5 Å². The third-order valence-corrected chi connectivity index (χ3v) is 3.93. The van der Waals surface area contributed by atoms with Gasteiger partial charge >= 0.3 is 12.1 Å². The molecule has 2 aromatic rings. The number of cyclic esters (lactones) is 1. The number of halogens is 1. The number of esters is 1. The summed E-state index contributed by atoms with van der Waals surface area (Å²) < 4.78 is 24.5. The number of hydrazine groups is 1. The number of ether oxygens (including phenoxy) is 2. The van der Waals surface area contributed by atoms with Crippen LogP contribution in [-0.4, -0.2) is 38.0 Å². The lowest BCUT2D eigenvalue weighted by atomic mass is 10.2. The van der Waals surface area contributed by atoms with Gasteiger partial charge in [-0.3, -0.25) is 10.7 Å². The molecular weight excluding hydrogens is 355 g/mol. The van der Waals surface area contributed by atoms with Crippen molar-refractivity contribution in [1.29, 1.82) is 0 Å². The van der Waals surface area contributed by atoms with Crippen LogP contribution in [0.4, 0.5) is 20.6 Å². The SMILES string of the molecule is NNCNc1ccc(N2C[C@H](COC(=O)c3ccccc3)OC2=O)cc1F. The number of benzene rings is 2. The molecule has 0 radical (unpaired) electrons. The highest BCUT2D eigenvalue weighted by atomic mass is 19.1. The summed E-state index contributed by atoms with van der Waals surface area (Å²) in [6.07, 6.45) is -1.26. The van der Waals surface area contributed by atoms with Gasteiger partial charge in [0.2, 0.25) is 0 Å². The van der Waals surface area contributed by atoms with Gasteiger partial charge in [0.1, 0.15) is 12.4 Å². The summed E-state index contributed by atoms with van der Waals surface area (Å²) in [5.41, 5.74) is 3.37. The number of nitrogens with zero attached hydrogens (tertiary/aromatic N) is 1. The fourth-order valence-electron chi connectivity index (χ4n) is 2.61. The first kappa shape index (κ1) is 18.6. The van der Waals surface area contributed by atoms with E-state index in [1.54, 1.807) is 36.4 Å². The molecule has 1 amide bonds. The summed E-state index contributed by atoms with van der Waals surface area (Å²) in [5.74, 6) is 4.10. The van der Waals surface area contributed by atoms with E-state index >= 15 is 0 Å². The lowest BCUT2D eigenvalue weighted by Crippen LogP contribution is -2.29. The highest BCUT2D eigenvalue weighted by Gasteiger charge is 2.33. The molecule has 1 aliphatic rings. The minimum atomic E-state index is -0.632. The summed E-state index contributed by atoms with van der Waals surface area (Å²) in [6.45, 7) is 0.259. The molecule has 0 spiro atoms. The largest absolute Gasteiger partial charge is 0.458 e. The molecule has 8 nitrogen and oxygen atoms in total. The van der Waals surface area contributed by atoms with Crippen LogP contribution in [0.15, 0.2) is 48.5 Å². The van der Waals surface area contributed by atoms with Crippen LogP contribution < -0.4 is 21.5 Å². The quantitative estimate of drug-likeness (QED) is 0.294. The Bertz CT molecular complexity index is 818. The van der Waals surface area contributed by atoms with Gasteiger partial charge in [-0.2, -0.15) is 0 Å². The fraction of sp³-hybridized carbons (Fsp3) is 0.222. The maximum absolute atomic E-state index is 14.1. The molecule has 0 saturated carbocycles. The van der Waals surface area contributed by atoms with E-state index in [9.17, 15) is 14.0 Å². The number of carbonyl (C=O) groups excluding carboxylic acids is 2. The summed E-state index contributed by atoms with van der Waals surface area (Å²) in [4.78, 5) is 25.3. The topological polar surface area (TPSA) is 106 Å². The Labute approximate surface area is 155 Å². The molecule has 0 aliphatic carbocycles. The van der Waals surface area contributed by atoms with Gasteiger partial charge in [0.25, 0.3) is 0 Å². The molecule has 1 saturated heterocycles. The van der Waals surface area contributed by atoms with Crippen LogP contribution >= 0.6 is 0 Å². The number of nitrogens with one attached hydrogen (secondary N) is 2. The van der Waals surface area contributed by atoms with Crippen molar-refractivity contribution in [1.82, 2.24) is 5.43 Å². The van der Waals surface area contributed by atoms with Crippen molar-refractivity contribution in [3.63, 3.8) is 0 Å². The van der Waals surface area contributed by atoms with Crippen molar-refractivity contribution in [2.45, 2.75) is 6.10 Å². The van der Waals surface area contributed by atoms with Gasteiger partial charge in [0.15, 0.2) is 6.10 Å². The summed E-state index contributed by atoms with van der Waals surface area (Å²) in [6, 6.07) is 12.8. The Hall–Kier alpha value is -3.17. The van der Waals surface area contributed by atoms with Gasteiger partial charge < -0.3 is 14.8 Å². The number of hydrogen-bond acceptors (Lipinski definition) is 7. The molecule has 1 fully saturated rings. The summed E-state index contributed by atoms with van der Waals surface area (Å²) in [7, 11) is 0. The van der Waals surface area contributed by atoms with E-state index in [2.05, 4.69) is 10.7 Å². The van der Waals surface area contributed by atoms with E-state index < -0.39 is 24.0 Å². The first-order valence-corrected chi connectivity index (χ1v) is 8.25. The number of hydrogen-bond donors (Lipinski definition) is 3. The smallest absolute Gasteiger partial charge is 0.414 e. The predicted octanol–water partition coefficient (Wildman–Crippen LogP) is 1.84. The van der Waals surface area contributed by atoms with Crippen LogP contribution in [-0.2, 0) is 9.47 Å². The fourth-order valence-corrected chi connectivity index (χ4v) is 2.61. The zero-order chi connectivity index (χ0) is 19.2. The Morgan fingerprint density at radius 2 is 2.07 bits per heavy atom. The molecule has 0 aromatic heterocycles. The zero-order valence-electron chi connectivity index (χ0n) is 14.4. The summed E-state index contributed by atoms with van der Waals surface area (Å²) >= 11 is 0. The van der Waals surface area contributed by atoms with Crippen LogP contribution in [0.2, 0.25) is 0 Å². The lowest BCUT2D eigenvalue weighted by Gasteiger charge is -2.15. The molecule has 0 unspecified atom stereocenters. The molecule has 9 heteroatoms. The standard InChI is InChI=1S/C18H19FN4O4/c19-15-8-13(6-7-16(15)21-11-22-20)23-9-14(27-18(23)25)10-26-17(24)12-4-2-1-3-5-12/h1-8,14,21-22H,9-11,20H2/t14-/m1/s1. The van der Waals surface area contributed by atoms with Crippen molar-refractivity contribution in [2.24, 2.45) is 5.84 Å². The molecule has 142 valence electrons. The van der Waals surface area contributed by atoms with Gasteiger partial charge in [0.05, 0.1) is 30.2 Å². The van der Waals surface area contributed by atoms with Crippen LogP contribution in [0.25, 0.3) is 0 Å². The average Bonchev–Trinajstić information content (AvgIpc) is 3.06. The van der Waals surface area contributed by atoms with E-state index in [4.69, 9.17) is 15.3 Å². The predicted molar refractivity (Wildman–Crippen MR) is 96.6 cm³/mol. The van der Waals surface area contributed by atoms with Gasteiger partial charge in [-0.1, -0.05) is 18.2 Å². The van der Waals surface area contributed by atoms with E-state index in [1.165, 1.54) is 17.0 Å². The van der Waals surface area contributed by atoms with E-state index in [0.717, 1.165) is 0 Å². The lowest BCUT2D eigenvalue weighted by molar-refractivity contribution is 0.0300.